The van der Waals surface area contributed by atoms with Crippen LogP contribution in [0.5, 0.6) is 17.2 Å². The number of rotatable bonds is 6. The number of Topliss-reactive ketones (excluding diaryl/α,β-unsaturated/α-hetero) is 1. The van der Waals surface area contributed by atoms with Crippen LogP contribution >= 0.6 is 0 Å². The number of ether oxygens (including phenoxy) is 3. The lowest BCUT2D eigenvalue weighted by Gasteiger charge is -2.59. The Morgan fingerprint density at radius 2 is 1.69 bits per heavy atom. The van der Waals surface area contributed by atoms with Crippen molar-refractivity contribution < 1.29 is 19.0 Å². The fraction of sp³-hybridized carbons (Fsp3) is 0.441. The summed E-state index contributed by atoms with van der Waals surface area (Å²) in [4.78, 5) is 16.4. The van der Waals surface area contributed by atoms with Gasteiger partial charge in [0, 0.05) is 42.4 Å². The fourth-order valence-electron chi connectivity index (χ4n) is 7.01. The van der Waals surface area contributed by atoms with Gasteiger partial charge in [0.1, 0.15) is 5.75 Å². The lowest BCUT2D eigenvalue weighted by molar-refractivity contribution is -0.101. The minimum absolute atomic E-state index is 0.0546. The lowest BCUT2D eigenvalue weighted by Crippen LogP contribution is -2.58. The number of carbonyl (C=O) groups excluding carboxylic acids is 1. The second kappa shape index (κ2) is 11.4. The molecule has 3 aromatic carbocycles. The Balaban J connectivity index is 1.20. The van der Waals surface area contributed by atoms with E-state index in [1.54, 1.807) is 7.11 Å². The molecule has 0 bridgehead atoms. The number of methoxy groups -OCH3 is 1. The van der Waals surface area contributed by atoms with Gasteiger partial charge in [-0.05, 0) is 67.1 Å². The molecule has 0 amide bonds. The largest absolute Gasteiger partial charge is 0.497 e. The number of likely N-dealkylation sites (tertiary alicyclic amines) is 1. The maximum Gasteiger partial charge on any atom is 0.166 e. The molecule has 2 fully saturated rings. The van der Waals surface area contributed by atoms with Gasteiger partial charge in [-0.1, -0.05) is 55.3 Å². The SMILES string of the molecule is COc1ccc(CN2CC3(CCCCC(C(=O)c4ccc5c(c4)OCCCO5)CC3)C2c2ccccc2)cc1. The predicted octanol–water partition coefficient (Wildman–Crippen LogP) is 7.25. The highest BCUT2D eigenvalue weighted by molar-refractivity contribution is 5.98. The van der Waals surface area contributed by atoms with Gasteiger partial charge in [0.05, 0.1) is 20.3 Å². The molecule has 2 heterocycles. The standard InChI is InChI=1S/C34H39NO4/c1-37-29-14-11-25(12-15-29)23-35-24-34(33(35)27-9-3-2-4-10-27)18-6-5-8-26(17-19-34)32(36)28-13-16-30-31(22-28)39-21-7-20-38-30/h2-4,9-16,22,26,33H,5-8,17-21,23-24H2,1H3. The van der Waals surface area contributed by atoms with E-state index in [4.69, 9.17) is 14.2 Å². The van der Waals surface area contributed by atoms with E-state index in [9.17, 15) is 4.79 Å². The van der Waals surface area contributed by atoms with Crippen LogP contribution in [-0.4, -0.2) is 37.6 Å². The molecule has 1 saturated carbocycles. The Hall–Kier alpha value is -3.31. The van der Waals surface area contributed by atoms with Crippen molar-refractivity contribution in [3.05, 3.63) is 89.5 Å². The van der Waals surface area contributed by atoms with Gasteiger partial charge >= 0.3 is 0 Å². The van der Waals surface area contributed by atoms with E-state index >= 15 is 0 Å². The Morgan fingerprint density at radius 1 is 0.897 bits per heavy atom. The highest BCUT2D eigenvalue weighted by Gasteiger charge is 2.52. The molecule has 39 heavy (non-hydrogen) atoms. The molecule has 1 aliphatic carbocycles. The maximum atomic E-state index is 13.7. The number of hydrogen-bond acceptors (Lipinski definition) is 5. The molecule has 0 aromatic heterocycles. The van der Waals surface area contributed by atoms with Crippen LogP contribution in [0.3, 0.4) is 0 Å². The quantitative estimate of drug-likeness (QED) is 0.317. The summed E-state index contributed by atoms with van der Waals surface area (Å²) in [6.07, 6.45) is 7.33. The summed E-state index contributed by atoms with van der Waals surface area (Å²) in [5, 5.41) is 0. The average Bonchev–Trinajstić information content (AvgIpc) is 3.20. The maximum absolute atomic E-state index is 13.7. The Labute approximate surface area is 232 Å². The first kappa shape index (κ1) is 25.9. The summed E-state index contributed by atoms with van der Waals surface area (Å²) in [7, 11) is 1.71. The number of fused-ring (bicyclic) bond motifs is 1. The zero-order valence-electron chi connectivity index (χ0n) is 22.9. The van der Waals surface area contributed by atoms with Crippen molar-refractivity contribution in [1.82, 2.24) is 4.90 Å². The molecule has 3 aliphatic rings. The van der Waals surface area contributed by atoms with E-state index in [0.717, 1.165) is 62.3 Å². The van der Waals surface area contributed by atoms with Crippen molar-refractivity contribution in [3.8, 4) is 17.2 Å². The van der Waals surface area contributed by atoms with E-state index in [1.807, 2.05) is 30.3 Å². The highest BCUT2D eigenvalue weighted by atomic mass is 16.5. The molecule has 3 unspecified atom stereocenters. The van der Waals surface area contributed by atoms with Crippen LogP contribution in [0.2, 0.25) is 0 Å². The Bertz CT molecular complexity index is 1270. The van der Waals surface area contributed by atoms with Crippen LogP contribution in [0, 0.1) is 11.3 Å². The Kier molecular flexibility index (Phi) is 7.60. The molecular formula is C34H39NO4. The van der Waals surface area contributed by atoms with Crippen LogP contribution in [0.15, 0.2) is 72.8 Å². The second-order valence-electron chi connectivity index (χ2n) is 11.5. The number of ketones is 1. The first-order chi connectivity index (χ1) is 19.1. The number of hydrogen-bond donors (Lipinski definition) is 0. The predicted molar refractivity (Wildman–Crippen MR) is 153 cm³/mol. The van der Waals surface area contributed by atoms with Crippen LogP contribution in [0.25, 0.3) is 0 Å². The van der Waals surface area contributed by atoms with Gasteiger partial charge in [-0.2, -0.15) is 0 Å². The molecule has 2 aliphatic heterocycles. The molecule has 204 valence electrons. The number of carbonyl (C=O) groups is 1. The molecule has 5 nitrogen and oxygen atoms in total. The van der Waals surface area contributed by atoms with Gasteiger partial charge in [-0.15, -0.1) is 0 Å². The fourth-order valence-corrected chi connectivity index (χ4v) is 7.01. The smallest absolute Gasteiger partial charge is 0.166 e. The van der Waals surface area contributed by atoms with Crippen molar-refractivity contribution in [2.24, 2.45) is 11.3 Å². The summed E-state index contributed by atoms with van der Waals surface area (Å²) in [5.41, 5.74) is 3.66. The summed E-state index contributed by atoms with van der Waals surface area (Å²) in [5.74, 6) is 2.66. The summed E-state index contributed by atoms with van der Waals surface area (Å²) in [6, 6.07) is 25.5. The van der Waals surface area contributed by atoms with Crippen molar-refractivity contribution >= 4 is 5.78 Å². The van der Waals surface area contributed by atoms with E-state index in [-0.39, 0.29) is 17.1 Å². The van der Waals surface area contributed by atoms with Crippen molar-refractivity contribution in [2.75, 3.05) is 26.9 Å². The molecule has 5 heteroatoms. The molecule has 3 atom stereocenters. The van der Waals surface area contributed by atoms with Crippen LogP contribution in [0.4, 0.5) is 0 Å². The summed E-state index contributed by atoms with van der Waals surface area (Å²) >= 11 is 0. The van der Waals surface area contributed by atoms with E-state index < -0.39 is 0 Å². The third-order valence-electron chi connectivity index (χ3n) is 8.99. The molecule has 1 spiro atoms. The van der Waals surface area contributed by atoms with Crippen molar-refractivity contribution in [3.63, 3.8) is 0 Å². The van der Waals surface area contributed by atoms with Crippen molar-refractivity contribution in [2.45, 2.75) is 57.5 Å². The van der Waals surface area contributed by atoms with E-state index in [1.165, 1.54) is 24.0 Å². The normalized spacial score (nSPS) is 25.2. The third kappa shape index (κ3) is 5.42. The number of benzene rings is 3. The van der Waals surface area contributed by atoms with Gasteiger partial charge in [0.15, 0.2) is 17.3 Å². The molecule has 0 radical (unpaired) electrons. The first-order valence-electron chi connectivity index (χ1n) is 14.5. The van der Waals surface area contributed by atoms with Crippen LogP contribution in [-0.2, 0) is 6.54 Å². The van der Waals surface area contributed by atoms with Gasteiger partial charge in [-0.3, -0.25) is 9.69 Å². The number of nitrogens with zero attached hydrogens (tertiary/aromatic N) is 1. The zero-order valence-corrected chi connectivity index (χ0v) is 22.9. The van der Waals surface area contributed by atoms with Gasteiger partial charge < -0.3 is 14.2 Å². The topological polar surface area (TPSA) is 48.0 Å². The van der Waals surface area contributed by atoms with Crippen molar-refractivity contribution in [1.29, 1.82) is 0 Å². The molecular weight excluding hydrogens is 486 g/mol. The molecule has 6 rings (SSSR count). The highest BCUT2D eigenvalue weighted by Crippen LogP contribution is 2.56. The average molecular weight is 526 g/mol. The minimum atomic E-state index is 0.0546. The minimum Gasteiger partial charge on any atom is -0.497 e. The molecule has 3 aromatic rings. The van der Waals surface area contributed by atoms with E-state index in [2.05, 4.69) is 47.4 Å². The second-order valence-corrected chi connectivity index (χ2v) is 11.5. The summed E-state index contributed by atoms with van der Waals surface area (Å²) < 4.78 is 17.0. The third-order valence-corrected chi connectivity index (χ3v) is 8.99. The van der Waals surface area contributed by atoms with Gasteiger partial charge in [0.2, 0.25) is 0 Å². The Morgan fingerprint density at radius 3 is 2.49 bits per heavy atom. The van der Waals surface area contributed by atoms with Gasteiger partial charge in [-0.25, -0.2) is 0 Å². The lowest BCUT2D eigenvalue weighted by atomic mass is 9.61. The monoisotopic (exact) mass is 525 g/mol. The summed E-state index contributed by atoms with van der Waals surface area (Å²) in [6.45, 7) is 3.28. The van der Waals surface area contributed by atoms with Crippen LogP contribution < -0.4 is 14.2 Å². The molecule has 0 N–H and O–H groups in total. The van der Waals surface area contributed by atoms with Gasteiger partial charge in [0.25, 0.3) is 0 Å². The molecule has 1 saturated heterocycles. The van der Waals surface area contributed by atoms with Crippen LogP contribution in [0.1, 0.15) is 72.5 Å². The zero-order chi connectivity index (χ0) is 26.7. The first-order valence-corrected chi connectivity index (χ1v) is 14.5. The van der Waals surface area contributed by atoms with E-state index in [0.29, 0.717) is 25.0 Å².